The SMILES string of the molecule is COc1ccc(NC(=O)Nc2nnc(-c3ccc(Cl)cc3)s2)cc1. The Kier molecular flexibility index (Phi) is 4.93. The highest BCUT2D eigenvalue weighted by molar-refractivity contribution is 7.18. The Morgan fingerprint density at radius 3 is 2.42 bits per heavy atom. The molecule has 3 rings (SSSR count). The largest absolute Gasteiger partial charge is 0.497 e. The maximum Gasteiger partial charge on any atom is 0.325 e. The standard InChI is InChI=1S/C16H13ClN4O2S/c1-23-13-8-6-12(7-9-13)18-15(22)19-16-21-20-14(24-16)10-2-4-11(17)5-3-10/h2-9H,1H3,(H2,18,19,21,22). The maximum absolute atomic E-state index is 12.0. The van der Waals surface area contributed by atoms with Gasteiger partial charge in [0.25, 0.3) is 0 Å². The topological polar surface area (TPSA) is 76.1 Å². The summed E-state index contributed by atoms with van der Waals surface area (Å²) in [7, 11) is 1.59. The van der Waals surface area contributed by atoms with E-state index in [4.69, 9.17) is 16.3 Å². The van der Waals surface area contributed by atoms with Crippen molar-refractivity contribution >= 4 is 39.8 Å². The number of carbonyl (C=O) groups is 1. The van der Waals surface area contributed by atoms with Crippen LogP contribution in [0.25, 0.3) is 10.6 Å². The molecule has 1 aromatic heterocycles. The fraction of sp³-hybridized carbons (Fsp3) is 0.0625. The van der Waals surface area contributed by atoms with E-state index in [1.54, 1.807) is 43.5 Å². The molecule has 0 fully saturated rings. The van der Waals surface area contributed by atoms with Crippen LogP contribution in [0, 0.1) is 0 Å². The molecule has 0 aliphatic heterocycles. The molecular formula is C16H13ClN4O2S. The number of aromatic nitrogens is 2. The van der Waals surface area contributed by atoms with E-state index in [1.165, 1.54) is 11.3 Å². The third kappa shape index (κ3) is 4.01. The van der Waals surface area contributed by atoms with Crippen LogP contribution >= 0.6 is 22.9 Å². The van der Waals surface area contributed by atoms with Gasteiger partial charge in [0.05, 0.1) is 7.11 Å². The minimum Gasteiger partial charge on any atom is -0.497 e. The zero-order valence-electron chi connectivity index (χ0n) is 12.6. The molecule has 0 radical (unpaired) electrons. The number of halogens is 1. The molecule has 0 saturated carbocycles. The number of rotatable bonds is 4. The van der Waals surface area contributed by atoms with E-state index < -0.39 is 0 Å². The third-order valence-corrected chi connectivity index (χ3v) is 4.22. The smallest absolute Gasteiger partial charge is 0.325 e. The van der Waals surface area contributed by atoms with E-state index in [0.29, 0.717) is 20.8 Å². The second kappa shape index (κ2) is 7.29. The minimum absolute atomic E-state index is 0.390. The molecule has 0 atom stereocenters. The average molecular weight is 361 g/mol. The lowest BCUT2D eigenvalue weighted by atomic mass is 10.2. The average Bonchev–Trinajstić information content (AvgIpc) is 3.04. The highest BCUT2D eigenvalue weighted by atomic mass is 35.5. The van der Waals surface area contributed by atoms with Gasteiger partial charge in [0.1, 0.15) is 10.8 Å². The minimum atomic E-state index is -0.390. The first kappa shape index (κ1) is 16.2. The molecule has 24 heavy (non-hydrogen) atoms. The summed E-state index contributed by atoms with van der Waals surface area (Å²) in [4.78, 5) is 12.0. The maximum atomic E-state index is 12.0. The number of hydrogen-bond acceptors (Lipinski definition) is 5. The highest BCUT2D eigenvalue weighted by Crippen LogP contribution is 2.27. The van der Waals surface area contributed by atoms with Crippen molar-refractivity contribution in [3.63, 3.8) is 0 Å². The van der Waals surface area contributed by atoms with Gasteiger partial charge in [0.15, 0.2) is 0 Å². The van der Waals surface area contributed by atoms with Gasteiger partial charge < -0.3 is 10.1 Å². The molecule has 122 valence electrons. The van der Waals surface area contributed by atoms with E-state index in [2.05, 4.69) is 20.8 Å². The molecule has 0 bridgehead atoms. The number of hydrogen-bond donors (Lipinski definition) is 2. The Morgan fingerprint density at radius 2 is 1.75 bits per heavy atom. The molecule has 2 amide bonds. The van der Waals surface area contributed by atoms with Gasteiger partial charge in [0, 0.05) is 16.3 Å². The number of nitrogens with zero attached hydrogens (tertiary/aromatic N) is 2. The van der Waals surface area contributed by atoms with Gasteiger partial charge in [-0.15, -0.1) is 10.2 Å². The van der Waals surface area contributed by atoms with Gasteiger partial charge in [-0.25, -0.2) is 4.79 Å². The van der Waals surface area contributed by atoms with Crippen LogP contribution in [0.2, 0.25) is 5.02 Å². The van der Waals surface area contributed by atoms with Crippen molar-refractivity contribution in [1.82, 2.24) is 10.2 Å². The lowest BCUT2D eigenvalue weighted by Gasteiger charge is -2.05. The second-order valence-corrected chi connectivity index (χ2v) is 6.14. The molecule has 6 nitrogen and oxygen atoms in total. The van der Waals surface area contributed by atoms with Crippen LogP contribution in [0.4, 0.5) is 15.6 Å². The summed E-state index contributed by atoms with van der Waals surface area (Å²) >= 11 is 7.14. The van der Waals surface area contributed by atoms with Crippen LogP contribution in [0.5, 0.6) is 5.75 Å². The number of amides is 2. The zero-order valence-corrected chi connectivity index (χ0v) is 14.2. The van der Waals surface area contributed by atoms with Crippen molar-refractivity contribution in [3.8, 4) is 16.3 Å². The molecule has 1 heterocycles. The molecule has 0 saturated heterocycles. The number of benzene rings is 2. The van der Waals surface area contributed by atoms with Crippen molar-refractivity contribution in [2.24, 2.45) is 0 Å². The van der Waals surface area contributed by atoms with Gasteiger partial charge in [-0.05, 0) is 36.4 Å². The third-order valence-electron chi connectivity index (χ3n) is 3.08. The molecule has 2 aromatic carbocycles. The Bertz CT molecular complexity index is 834. The van der Waals surface area contributed by atoms with Gasteiger partial charge in [-0.3, -0.25) is 5.32 Å². The van der Waals surface area contributed by atoms with Crippen LogP contribution in [-0.2, 0) is 0 Å². The highest BCUT2D eigenvalue weighted by Gasteiger charge is 2.10. The summed E-state index contributed by atoms with van der Waals surface area (Å²) in [5.41, 5.74) is 1.54. The Morgan fingerprint density at radius 1 is 1.04 bits per heavy atom. The fourth-order valence-electron chi connectivity index (χ4n) is 1.92. The van der Waals surface area contributed by atoms with Crippen LogP contribution in [0.3, 0.4) is 0 Å². The fourth-order valence-corrected chi connectivity index (χ4v) is 2.79. The number of nitrogens with one attached hydrogen (secondary N) is 2. The molecule has 8 heteroatoms. The van der Waals surface area contributed by atoms with E-state index in [1.807, 2.05) is 12.1 Å². The molecule has 0 spiro atoms. The number of methoxy groups -OCH3 is 1. The first-order chi connectivity index (χ1) is 11.6. The summed E-state index contributed by atoms with van der Waals surface area (Å²) in [5.74, 6) is 0.720. The van der Waals surface area contributed by atoms with Crippen molar-refractivity contribution in [2.45, 2.75) is 0 Å². The van der Waals surface area contributed by atoms with Gasteiger partial charge in [-0.1, -0.05) is 35.1 Å². The predicted octanol–water partition coefficient (Wildman–Crippen LogP) is 4.51. The molecule has 0 aliphatic rings. The molecule has 2 N–H and O–H groups in total. The summed E-state index contributed by atoms with van der Waals surface area (Å²) in [5, 5.41) is 15.2. The Labute approximate surface area is 147 Å². The van der Waals surface area contributed by atoms with Gasteiger partial charge >= 0.3 is 6.03 Å². The zero-order chi connectivity index (χ0) is 16.9. The van der Waals surface area contributed by atoms with Crippen molar-refractivity contribution in [3.05, 3.63) is 53.6 Å². The number of ether oxygens (including phenoxy) is 1. The lowest BCUT2D eigenvalue weighted by Crippen LogP contribution is -2.19. The quantitative estimate of drug-likeness (QED) is 0.717. The van der Waals surface area contributed by atoms with Crippen LogP contribution in [0.1, 0.15) is 0 Å². The Balaban J connectivity index is 1.63. The van der Waals surface area contributed by atoms with E-state index in [-0.39, 0.29) is 6.03 Å². The van der Waals surface area contributed by atoms with Crippen LogP contribution < -0.4 is 15.4 Å². The van der Waals surface area contributed by atoms with Crippen molar-refractivity contribution in [2.75, 3.05) is 17.7 Å². The molecule has 0 aliphatic carbocycles. The van der Waals surface area contributed by atoms with E-state index in [9.17, 15) is 4.79 Å². The normalized spacial score (nSPS) is 10.2. The van der Waals surface area contributed by atoms with Crippen molar-refractivity contribution in [1.29, 1.82) is 0 Å². The van der Waals surface area contributed by atoms with Crippen molar-refractivity contribution < 1.29 is 9.53 Å². The van der Waals surface area contributed by atoms with Gasteiger partial charge in [0.2, 0.25) is 5.13 Å². The van der Waals surface area contributed by atoms with Gasteiger partial charge in [-0.2, -0.15) is 0 Å². The van der Waals surface area contributed by atoms with Crippen LogP contribution in [0.15, 0.2) is 48.5 Å². The first-order valence-electron chi connectivity index (χ1n) is 6.95. The summed E-state index contributed by atoms with van der Waals surface area (Å²) < 4.78 is 5.07. The molecule has 3 aromatic rings. The second-order valence-electron chi connectivity index (χ2n) is 4.73. The number of carbonyl (C=O) groups excluding carboxylic acids is 1. The Hall–Kier alpha value is -2.64. The lowest BCUT2D eigenvalue weighted by molar-refractivity contribution is 0.262. The molecule has 0 unspecified atom stereocenters. The monoisotopic (exact) mass is 360 g/mol. The predicted molar refractivity (Wildman–Crippen MR) is 96.0 cm³/mol. The number of anilines is 2. The van der Waals surface area contributed by atoms with E-state index in [0.717, 1.165) is 11.3 Å². The van der Waals surface area contributed by atoms with E-state index >= 15 is 0 Å². The summed E-state index contributed by atoms with van der Waals surface area (Å²) in [6.45, 7) is 0. The summed E-state index contributed by atoms with van der Waals surface area (Å²) in [6.07, 6.45) is 0. The molecular weight excluding hydrogens is 348 g/mol. The van der Waals surface area contributed by atoms with Crippen LogP contribution in [-0.4, -0.2) is 23.3 Å². The number of urea groups is 1. The summed E-state index contributed by atoms with van der Waals surface area (Å²) in [6, 6.07) is 13.9. The first-order valence-corrected chi connectivity index (χ1v) is 8.15.